The summed E-state index contributed by atoms with van der Waals surface area (Å²) < 4.78 is 25.9. The Hall–Kier alpha value is -0.960. The van der Waals surface area contributed by atoms with Gasteiger partial charge in [0.2, 0.25) is 0 Å². The highest BCUT2D eigenvalue weighted by atomic mass is 19.1. The van der Waals surface area contributed by atoms with E-state index in [1.807, 2.05) is 0 Å². The molecule has 1 aliphatic rings. The second kappa shape index (κ2) is 5.13. The van der Waals surface area contributed by atoms with Crippen LogP contribution in [0.4, 0.5) is 8.78 Å². The van der Waals surface area contributed by atoms with E-state index < -0.39 is 11.6 Å². The molecule has 0 aromatic heterocycles. The van der Waals surface area contributed by atoms with E-state index in [9.17, 15) is 8.78 Å². The quantitative estimate of drug-likeness (QED) is 0.827. The van der Waals surface area contributed by atoms with Crippen molar-refractivity contribution in [2.45, 2.75) is 39.2 Å². The van der Waals surface area contributed by atoms with Gasteiger partial charge in [0.15, 0.2) is 0 Å². The first-order chi connectivity index (χ1) is 8.13. The van der Waals surface area contributed by atoms with Gasteiger partial charge in [-0.25, -0.2) is 8.78 Å². The summed E-state index contributed by atoms with van der Waals surface area (Å²) in [6.07, 6.45) is 5.03. The highest BCUT2D eigenvalue weighted by molar-refractivity contribution is 5.17. The molecule has 17 heavy (non-hydrogen) atoms. The predicted molar refractivity (Wildman–Crippen MR) is 64.6 cm³/mol. The van der Waals surface area contributed by atoms with Gasteiger partial charge in [0.1, 0.15) is 11.6 Å². The third-order valence-corrected chi connectivity index (χ3v) is 3.92. The number of nitrogens with one attached hydrogen (secondary N) is 1. The largest absolute Gasteiger partial charge is 0.312 e. The minimum Gasteiger partial charge on any atom is -0.312 e. The van der Waals surface area contributed by atoms with Crippen LogP contribution in [0, 0.1) is 17.0 Å². The van der Waals surface area contributed by atoms with Crippen molar-refractivity contribution in [3.05, 3.63) is 35.4 Å². The minimum atomic E-state index is -0.504. The lowest BCUT2D eigenvalue weighted by Gasteiger charge is -2.41. The fraction of sp³-hybridized carbons (Fsp3) is 0.571. The third-order valence-electron chi connectivity index (χ3n) is 3.92. The first-order valence-electron chi connectivity index (χ1n) is 6.29. The number of halogens is 2. The van der Waals surface area contributed by atoms with Gasteiger partial charge in [-0.3, -0.25) is 0 Å². The van der Waals surface area contributed by atoms with Crippen LogP contribution in [0.1, 0.15) is 38.2 Å². The molecule has 0 unspecified atom stereocenters. The molecule has 1 aromatic rings. The van der Waals surface area contributed by atoms with Gasteiger partial charge in [-0.15, -0.1) is 0 Å². The van der Waals surface area contributed by atoms with Crippen molar-refractivity contribution < 1.29 is 8.78 Å². The third kappa shape index (κ3) is 3.03. The van der Waals surface area contributed by atoms with Gasteiger partial charge in [0.05, 0.1) is 0 Å². The van der Waals surface area contributed by atoms with Crippen LogP contribution in [0.3, 0.4) is 0 Å². The second-order valence-electron chi connectivity index (χ2n) is 5.09. The normalized spacial score (nSPS) is 17.8. The van der Waals surface area contributed by atoms with E-state index in [2.05, 4.69) is 12.2 Å². The van der Waals surface area contributed by atoms with Crippen molar-refractivity contribution in [2.75, 3.05) is 6.54 Å². The summed E-state index contributed by atoms with van der Waals surface area (Å²) >= 11 is 0. The highest BCUT2D eigenvalue weighted by Crippen LogP contribution is 2.43. The second-order valence-corrected chi connectivity index (χ2v) is 5.09. The van der Waals surface area contributed by atoms with Crippen LogP contribution in [-0.4, -0.2) is 6.54 Å². The van der Waals surface area contributed by atoms with Crippen LogP contribution in [0.5, 0.6) is 0 Å². The van der Waals surface area contributed by atoms with Gasteiger partial charge >= 0.3 is 0 Å². The molecule has 2 rings (SSSR count). The summed E-state index contributed by atoms with van der Waals surface area (Å²) in [6.45, 7) is 3.70. The zero-order chi connectivity index (χ0) is 12.3. The van der Waals surface area contributed by atoms with E-state index in [-0.39, 0.29) is 0 Å². The van der Waals surface area contributed by atoms with Crippen LogP contribution >= 0.6 is 0 Å². The van der Waals surface area contributed by atoms with Crippen LogP contribution in [0.15, 0.2) is 18.2 Å². The molecular formula is C14H19F2N. The SMILES string of the molecule is CCC1(CNCc2cc(F)cc(F)c2)CCC1. The summed E-state index contributed by atoms with van der Waals surface area (Å²) in [7, 11) is 0. The minimum absolute atomic E-state index is 0.436. The molecule has 0 heterocycles. The molecule has 1 saturated carbocycles. The molecule has 1 N–H and O–H groups in total. The summed E-state index contributed by atoms with van der Waals surface area (Å²) in [5.41, 5.74) is 1.11. The molecule has 0 amide bonds. The van der Waals surface area contributed by atoms with Crippen molar-refractivity contribution >= 4 is 0 Å². The van der Waals surface area contributed by atoms with E-state index >= 15 is 0 Å². The number of rotatable bonds is 5. The summed E-state index contributed by atoms with van der Waals surface area (Å²) in [6, 6.07) is 3.67. The Balaban J connectivity index is 1.85. The van der Waals surface area contributed by atoms with Crippen molar-refractivity contribution in [1.82, 2.24) is 5.32 Å². The average Bonchev–Trinajstić information content (AvgIpc) is 2.20. The van der Waals surface area contributed by atoms with Crippen LogP contribution in [0.2, 0.25) is 0 Å². The van der Waals surface area contributed by atoms with Crippen LogP contribution in [0.25, 0.3) is 0 Å². The molecule has 1 aliphatic carbocycles. The Morgan fingerprint density at radius 3 is 2.29 bits per heavy atom. The van der Waals surface area contributed by atoms with E-state index in [1.54, 1.807) is 0 Å². The monoisotopic (exact) mass is 239 g/mol. The topological polar surface area (TPSA) is 12.0 Å². The van der Waals surface area contributed by atoms with E-state index in [1.165, 1.54) is 37.8 Å². The molecule has 1 nitrogen and oxygen atoms in total. The van der Waals surface area contributed by atoms with Crippen LogP contribution < -0.4 is 5.32 Å². The smallest absolute Gasteiger partial charge is 0.126 e. The number of hydrogen-bond donors (Lipinski definition) is 1. The molecular weight excluding hydrogens is 220 g/mol. The molecule has 0 spiro atoms. The molecule has 0 bridgehead atoms. The molecule has 0 aliphatic heterocycles. The highest BCUT2D eigenvalue weighted by Gasteiger charge is 2.34. The molecule has 0 radical (unpaired) electrons. The Morgan fingerprint density at radius 1 is 1.18 bits per heavy atom. The van der Waals surface area contributed by atoms with Crippen molar-refractivity contribution in [3.63, 3.8) is 0 Å². The first-order valence-corrected chi connectivity index (χ1v) is 6.29. The Bertz CT molecular complexity index is 360. The van der Waals surface area contributed by atoms with E-state index in [4.69, 9.17) is 0 Å². The molecule has 0 saturated heterocycles. The summed E-state index contributed by atoms with van der Waals surface area (Å²) in [4.78, 5) is 0. The Morgan fingerprint density at radius 2 is 1.82 bits per heavy atom. The van der Waals surface area contributed by atoms with Gasteiger partial charge in [-0.2, -0.15) is 0 Å². The maximum atomic E-state index is 13.0. The van der Waals surface area contributed by atoms with Gasteiger partial charge in [0, 0.05) is 19.2 Å². The zero-order valence-corrected chi connectivity index (χ0v) is 10.2. The fourth-order valence-corrected chi connectivity index (χ4v) is 2.52. The lowest BCUT2D eigenvalue weighted by atomic mass is 9.67. The van der Waals surface area contributed by atoms with Crippen LogP contribution in [-0.2, 0) is 6.54 Å². The predicted octanol–water partition coefficient (Wildman–Crippen LogP) is 3.63. The van der Waals surface area contributed by atoms with Gasteiger partial charge < -0.3 is 5.32 Å². The van der Waals surface area contributed by atoms with E-state index in [0.717, 1.165) is 12.6 Å². The van der Waals surface area contributed by atoms with Gasteiger partial charge in [-0.05, 0) is 42.4 Å². The van der Waals surface area contributed by atoms with Crippen molar-refractivity contribution in [2.24, 2.45) is 5.41 Å². The maximum absolute atomic E-state index is 13.0. The molecule has 0 atom stereocenters. The maximum Gasteiger partial charge on any atom is 0.126 e. The lowest BCUT2D eigenvalue weighted by molar-refractivity contribution is 0.124. The Kier molecular flexibility index (Phi) is 3.77. The molecule has 94 valence electrons. The summed E-state index contributed by atoms with van der Waals surface area (Å²) in [5, 5.41) is 3.32. The van der Waals surface area contributed by atoms with Gasteiger partial charge in [-0.1, -0.05) is 13.3 Å². The fourth-order valence-electron chi connectivity index (χ4n) is 2.52. The first kappa shape index (κ1) is 12.5. The van der Waals surface area contributed by atoms with Crippen molar-refractivity contribution in [1.29, 1.82) is 0 Å². The van der Waals surface area contributed by atoms with Crippen molar-refractivity contribution in [3.8, 4) is 0 Å². The summed E-state index contributed by atoms with van der Waals surface area (Å²) in [5.74, 6) is -1.01. The molecule has 1 aromatic carbocycles. The lowest BCUT2D eigenvalue weighted by Crippen LogP contribution is -2.39. The van der Waals surface area contributed by atoms with Gasteiger partial charge in [0.25, 0.3) is 0 Å². The standard InChI is InChI=1S/C14H19F2N/c1-2-14(4-3-5-14)10-17-9-11-6-12(15)8-13(16)7-11/h6-8,17H,2-5,9-10H2,1H3. The Labute approximate surface area is 101 Å². The molecule has 3 heteroatoms. The number of hydrogen-bond acceptors (Lipinski definition) is 1. The average molecular weight is 239 g/mol. The zero-order valence-electron chi connectivity index (χ0n) is 10.2. The number of benzene rings is 1. The molecule has 1 fully saturated rings. The van der Waals surface area contributed by atoms with E-state index in [0.29, 0.717) is 17.5 Å².